The van der Waals surface area contributed by atoms with Crippen molar-refractivity contribution in [3.05, 3.63) is 34.2 Å². The van der Waals surface area contributed by atoms with E-state index in [1.165, 1.54) is 17.6 Å². The largest absolute Gasteiger partial charge is 0.467 e. The molecule has 0 fully saturated rings. The molecule has 0 aliphatic rings. The van der Waals surface area contributed by atoms with Crippen molar-refractivity contribution in [1.82, 2.24) is 4.98 Å². The summed E-state index contributed by atoms with van der Waals surface area (Å²) >= 11 is 1.48. The smallest absolute Gasteiger partial charge is 0.260 e. The molecule has 5 nitrogen and oxygen atoms in total. The number of nitrogens with zero attached hydrogens (tertiary/aromatic N) is 1. The number of aromatic nitrogens is 1. The van der Waals surface area contributed by atoms with E-state index in [2.05, 4.69) is 10.3 Å². The number of carbonyl (C=O) groups is 1. The fourth-order valence-corrected chi connectivity index (χ4v) is 2.48. The summed E-state index contributed by atoms with van der Waals surface area (Å²) in [6.07, 6.45) is 2.26. The first kappa shape index (κ1) is 12.8. The van der Waals surface area contributed by atoms with E-state index in [1.54, 1.807) is 6.07 Å². The first-order chi connectivity index (χ1) is 8.63. The molecule has 0 bridgehead atoms. The van der Waals surface area contributed by atoms with Crippen molar-refractivity contribution < 1.29 is 9.21 Å². The minimum atomic E-state index is -0.227. The van der Waals surface area contributed by atoms with Gasteiger partial charge in [0, 0.05) is 4.88 Å². The van der Waals surface area contributed by atoms with Gasteiger partial charge in [-0.15, -0.1) is 11.3 Å². The Morgan fingerprint density at radius 3 is 2.94 bits per heavy atom. The molecule has 18 heavy (non-hydrogen) atoms. The topological polar surface area (TPSA) is 81.2 Å². The Labute approximate surface area is 109 Å². The van der Waals surface area contributed by atoms with E-state index in [1.807, 2.05) is 13.8 Å². The fraction of sp³-hybridized carbons (Fsp3) is 0.333. The fourth-order valence-electron chi connectivity index (χ4n) is 1.59. The Kier molecular flexibility index (Phi) is 3.78. The average Bonchev–Trinajstić information content (AvgIpc) is 2.95. The van der Waals surface area contributed by atoms with E-state index in [-0.39, 0.29) is 12.5 Å². The first-order valence-electron chi connectivity index (χ1n) is 5.69. The van der Waals surface area contributed by atoms with Crippen LogP contribution in [0.3, 0.4) is 0 Å². The molecule has 3 N–H and O–H groups in total. The standard InChI is InChI=1S/C12H15N3O2S/c1-3-10-7(2)18-12(14-10)15-11(16)8-4-9(5-13)17-6-8/h4,6H,3,5,13H2,1-2H3,(H,14,15,16). The van der Waals surface area contributed by atoms with Crippen LogP contribution in [0.4, 0.5) is 5.13 Å². The number of hydrogen-bond donors (Lipinski definition) is 2. The maximum absolute atomic E-state index is 11.9. The van der Waals surface area contributed by atoms with Crippen molar-refractivity contribution in [3.8, 4) is 0 Å². The Morgan fingerprint density at radius 2 is 2.39 bits per heavy atom. The molecular formula is C12H15N3O2S. The van der Waals surface area contributed by atoms with Crippen molar-refractivity contribution in [2.45, 2.75) is 26.8 Å². The maximum atomic E-state index is 11.9. The third kappa shape index (κ3) is 2.60. The van der Waals surface area contributed by atoms with Gasteiger partial charge >= 0.3 is 0 Å². The Hall–Kier alpha value is -1.66. The monoisotopic (exact) mass is 265 g/mol. The number of thiazole rings is 1. The molecule has 96 valence electrons. The van der Waals surface area contributed by atoms with Gasteiger partial charge < -0.3 is 10.2 Å². The first-order valence-corrected chi connectivity index (χ1v) is 6.50. The number of furan rings is 1. The molecule has 2 heterocycles. The number of anilines is 1. The summed E-state index contributed by atoms with van der Waals surface area (Å²) in [5.74, 6) is 0.361. The molecule has 0 spiro atoms. The lowest BCUT2D eigenvalue weighted by atomic mass is 10.3. The van der Waals surface area contributed by atoms with Gasteiger partial charge in [0.25, 0.3) is 5.91 Å². The number of rotatable bonds is 4. The molecule has 0 aliphatic heterocycles. The molecule has 0 radical (unpaired) electrons. The van der Waals surface area contributed by atoms with Crippen molar-refractivity contribution in [3.63, 3.8) is 0 Å². The van der Waals surface area contributed by atoms with Gasteiger partial charge in [0.1, 0.15) is 12.0 Å². The lowest BCUT2D eigenvalue weighted by molar-refractivity contribution is 0.102. The van der Waals surface area contributed by atoms with Crippen LogP contribution in [0.1, 0.15) is 33.6 Å². The molecule has 0 unspecified atom stereocenters. The summed E-state index contributed by atoms with van der Waals surface area (Å²) in [5, 5.41) is 3.37. The SMILES string of the molecule is CCc1nc(NC(=O)c2coc(CN)c2)sc1C. The van der Waals surface area contributed by atoms with Crippen LogP contribution in [0.25, 0.3) is 0 Å². The molecule has 2 rings (SSSR count). The highest BCUT2D eigenvalue weighted by Crippen LogP contribution is 2.23. The van der Waals surface area contributed by atoms with E-state index in [0.717, 1.165) is 17.0 Å². The van der Waals surface area contributed by atoms with Crippen molar-refractivity contribution in [2.24, 2.45) is 5.73 Å². The zero-order valence-electron chi connectivity index (χ0n) is 10.3. The van der Waals surface area contributed by atoms with Gasteiger partial charge in [-0.25, -0.2) is 4.98 Å². The molecule has 2 aromatic heterocycles. The number of nitrogens with two attached hydrogens (primary N) is 1. The van der Waals surface area contributed by atoms with Crippen molar-refractivity contribution in [1.29, 1.82) is 0 Å². The summed E-state index contributed by atoms with van der Waals surface area (Å²) in [7, 11) is 0. The number of nitrogens with one attached hydrogen (secondary N) is 1. The molecule has 6 heteroatoms. The van der Waals surface area contributed by atoms with Crippen LogP contribution in [0.5, 0.6) is 0 Å². The second-order valence-corrected chi connectivity index (χ2v) is 5.04. The van der Waals surface area contributed by atoms with Crippen LogP contribution >= 0.6 is 11.3 Å². The summed E-state index contributed by atoms with van der Waals surface area (Å²) in [5.41, 5.74) is 6.90. The predicted molar refractivity (Wildman–Crippen MR) is 70.8 cm³/mol. The number of hydrogen-bond acceptors (Lipinski definition) is 5. The zero-order valence-corrected chi connectivity index (χ0v) is 11.1. The molecule has 0 aromatic carbocycles. The van der Waals surface area contributed by atoms with Crippen molar-refractivity contribution in [2.75, 3.05) is 5.32 Å². The second kappa shape index (κ2) is 5.32. The summed E-state index contributed by atoms with van der Waals surface area (Å²) in [4.78, 5) is 17.4. The summed E-state index contributed by atoms with van der Waals surface area (Å²) in [6.45, 7) is 4.32. The van der Waals surface area contributed by atoms with Crippen LogP contribution in [-0.2, 0) is 13.0 Å². The van der Waals surface area contributed by atoms with E-state index in [4.69, 9.17) is 10.2 Å². The lowest BCUT2D eigenvalue weighted by Crippen LogP contribution is -2.10. The zero-order chi connectivity index (χ0) is 13.1. The van der Waals surface area contributed by atoms with Crippen LogP contribution < -0.4 is 11.1 Å². The van der Waals surface area contributed by atoms with Gasteiger partial charge in [0.15, 0.2) is 5.13 Å². The van der Waals surface area contributed by atoms with Gasteiger partial charge in [-0.2, -0.15) is 0 Å². The van der Waals surface area contributed by atoms with E-state index >= 15 is 0 Å². The molecular weight excluding hydrogens is 250 g/mol. The van der Waals surface area contributed by atoms with Crippen LogP contribution in [0.2, 0.25) is 0 Å². The number of carbonyl (C=O) groups excluding carboxylic acids is 1. The Morgan fingerprint density at radius 1 is 1.61 bits per heavy atom. The van der Waals surface area contributed by atoms with Gasteiger partial charge in [-0.1, -0.05) is 6.92 Å². The Balaban J connectivity index is 2.10. The van der Waals surface area contributed by atoms with Gasteiger partial charge in [0.05, 0.1) is 17.8 Å². The average molecular weight is 265 g/mol. The number of aryl methyl sites for hydroxylation is 2. The molecule has 1 amide bonds. The molecule has 0 saturated carbocycles. The highest BCUT2D eigenvalue weighted by Gasteiger charge is 2.13. The van der Waals surface area contributed by atoms with Crippen LogP contribution in [0.15, 0.2) is 16.7 Å². The molecule has 0 atom stereocenters. The minimum Gasteiger partial charge on any atom is -0.467 e. The third-order valence-corrected chi connectivity index (χ3v) is 3.49. The van der Waals surface area contributed by atoms with Crippen LogP contribution in [0, 0.1) is 6.92 Å². The lowest BCUT2D eigenvalue weighted by Gasteiger charge is -1.97. The van der Waals surface area contributed by atoms with Gasteiger partial charge in [-0.05, 0) is 19.4 Å². The summed E-state index contributed by atoms with van der Waals surface area (Å²) < 4.78 is 5.12. The van der Waals surface area contributed by atoms with Crippen molar-refractivity contribution >= 4 is 22.4 Å². The molecule has 2 aromatic rings. The van der Waals surface area contributed by atoms with Gasteiger partial charge in [0.2, 0.25) is 0 Å². The second-order valence-electron chi connectivity index (χ2n) is 3.84. The molecule has 0 saturated heterocycles. The van der Waals surface area contributed by atoms with E-state index in [0.29, 0.717) is 16.5 Å². The van der Waals surface area contributed by atoms with Gasteiger partial charge in [-0.3, -0.25) is 10.1 Å². The van der Waals surface area contributed by atoms with E-state index < -0.39 is 0 Å². The predicted octanol–water partition coefficient (Wildman–Crippen LogP) is 2.32. The Bertz CT molecular complexity index is 559. The van der Waals surface area contributed by atoms with Crippen LogP contribution in [-0.4, -0.2) is 10.9 Å². The highest BCUT2D eigenvalue weighted by atomic mass is 32.1. The number of amides is 1. The molecule has 0 aliphatic carbocycles. The maximum Gasteiger partial charge on any atom is 0.260 e. The minimum absolute atomic E-state index is 0.227. The third-order valence-electron chi connectivity index (χ3n) is 2.57. The van der Waals surface area contributed by atoms with E-state index in [9.17, 15) is 4.79 Å². The highest BCUT2D eigenvalue weighted by molar-refractivity contribution is 7.15. The summed E-state index contributed by atoms with van der Waals surface area (Å²) in [6, 6.07) is 1.64. The quantitative estimate of drug-likeness (QED) is 0.889. The normalized spacial score (nSPS) is 10.6.